The van der Waals surface area contributed by atoms with Gasteiger partial charge in [0, 0.05) is 26.1 Å². The third-order valence-corrected chi connectivity index (χ3v) is 6.98. The Morgan fingerprint density at radius 3 is 2.21 bits per heavy atom. The second-order valence-corrected chi connectivity index (χ2v) is 9.32. The smallest absolute Gasteiger partial charge is 0.261 e. The highest BCUT2D eigenvalue weighted by Crippen LogP contribution is 2.31. The maximum absolute atomic E-state index is 12.6. The van der Waals surface area contributed by atoms with Crippen LogP contribution < -0.4 is 10.2 Å². The highest BCUT2D eigenvalue weighted by molar-refractivity contribution is 7.15. The Labute approximate surface area is 199 Å². The van der Waals surface area contributed by atoms with E-state index in [0.717, 1.165) is 47.8 Å². The highest BCUT2D eigenvalue weighted by atomic mass is 32.1. The van der Waals surface area contributed by atoms with Crippen LogP contribution in [-0.2, 0) is 6.42 Å². The quantitative estimate of drug-likeness (QED) is 0.425. The monoisotopic (exact) mass is 471 g/mol. The number of carbonyl (C=O) groups excluding carboxylic acids is 2. The predicted octanol–water partition coefficient (Wildman–Crippen LogP) is 3.66. The number of hydrogen-bond donors (Lipinski definition) is 1. The third kappa shape index (κ3) is 3.65. The summed E-state index contributed by atoms with van der Waals surface area (Å²) in [6, 6.07) is 14.7. The van der Waals surface area contributed by atoms with Crippen LogP contribution in [-0.4, -0.2) is 56.5 Å². The van der Waals surface area contributed by atoms with Crippen molar-refractivity contribution < 1.29 is 9.59 Å². The van der Waals surface area contributed by atoms with Crippen molar-refractivity contribution >= 4 is 51.0 Å². The molecule has 4 heterocycles. The zero-order valence-electron chi connectivity index (χ0n) is 18.3. The minimum absolute atomic E-state index is 0.259. The molecule has 0 bridgehead atoms. The number of amides is 2. The first kappa shape index (κ1) is 20.7. The number of hydrogen-bond acceptors (Lipinski definition) is 9. The van der Waals surface area contributed by atoms with Gasteiger partial charge >= 0.3 is 0 Å². The number of para-hydroxylation sites is 2. The van der Waals surface area contributed by atoms with Crippen LogP contribution in [0.2, 0.25) is 0 Å². The van der Waals surface area contributed by atoms with E-state index in [9.17, 15) is 9.59 Å². The molecule has 1 fully saturated rings. The van der Waals surface area contributed by atoms with E-state index < -0.39 is 0 Å². The van der Waals surface area contributed by atoms with Gasteiger partial charge in [0.15, 0.2) is 11.6 Å². The SMILES string of the molecule is O=C1c2ccccc2C(=O)N1CCc1nnc(Nc2nc3ccccc3nc2N2CCCC2)s1. The van der Waals surface area contributed by atoms with Gasteiger partial charge in [0.25, 0.3) is 11.8 Å². The second-order valence-electron chi connectivity index (χ2n) is 8.26. The lowest BCUT2D eigenvalue weighted by molar-refractivity contribution is 0.0656. The average Bonchev–Trinajstić information content (AvgIpc) is 3.60. The summed E-state index contributed by atoms with van der Waals surface area (Å²) in [6.07, 6.45) is 2.70. The molecule has 6 rings (SSSR count). The number of aromatic nitrogens is 4. The summed E-state index contributed by atoms with van der Waals surface area (Å²) in [5, 5.41) is 13.2. The van der Waals surface area contributed by atoms with Crippen LogP contribution in [0.4, 0.5) is 16.8 Å². The molecular weight excluding hydrogens is 450 g/mol. The van der Waals surface area contributed by atoms with Gasteiger partial charge in [0.2, 0.25) is 5.13 Å². The van der Waals surface area contributed by atoms with Crippen LogP contribution in [0.25, 0.3) is 11.0 Å². The van der Waals surface area contributed by atoms with E-state index in [1.807, 2.05) is 24.3 Å². The Balaban J connectivity index is 1.20. The van der Waals surface area contributed by atoms with E-state index in [1.165, 1.54) is 16.2 Å². The van der Waals surface area contributed by atoms with Gasteiger partial charge in [-0.2, -0.15) is 0 Å². The molecule has 0 unspecified atom stereocenters. The van der Waals surface area contributed by atoms with Gasteiger partial charge in [-0.05, 0) is 37.1 Å². The maximum atomic E-state index is 12.6. The molecule has 2 aliphatic heterocycles. The molecule has 0 radical (unpaired) electrons. The first-order chi connectivity index (χ1) is 16.7. The first-order valence-electron chi connectivity index (χ1n) is 11.2. The molecule has 0 atom stereocenters. The summed E-state index contributed by atoms with van der Waals surface area (Å²) in [6.45, 7) is 2.16. The maximum Gasteiger partial charge on any atom is 0.261 e. The molecule has 2 amide bonds. The fourth-order valence-electron chi connectivity index (χ4n) is 4.38. The van der Waals surface area contributed by atoms with Gasteiger partial charge in [0.05, 0.1) is 22.2 Å². The van der Waals surface area contributed by atoms with E-state index in [-0.39, 0.29) is 18.4 Å². The van der Waals surface area contributed by atoms with Crippen molar-refractivity contribution in [3.8, 4) is 0 Å². The van der Waals surface area contributed by atoms with Crippen LogP contribution in [0.1, 0.15) is 38.6 Å². The topological polar surface area (TPSA) is 104 Å². The van der Waals surface area contributed by atoms with Gasteiger partial charge in [-0.3, -0.25) is 14.5 Å². The molecule has 0 spiro atoms. The van der Waals surface area contributed by atoms with Crippen LogP contribution in [0.5, 0.6) is 0 Å². The molecule has 1 N–H and O–H groups in total. The van der Waals surface area contributed by atoms with E-state index in [0.29, 0.717) is 28.5 Å². The number of nitrogens with one attached hydrogen (secondary N) is 1. The molecule has 4 aromatic rings. The van der Waals surface area contributed by atoms with Gasteiger partial charge in [-0.25, -0.2) is 9.97 Å². The molecule has 34 heavy (non-hydrogen) atoms. The Morgan fingerprint density at radius 2 is 1.50 bits per heavy atom. The van der Waals surface area contributed by atoms with Crippen molar-refractivity contribution in [1.82, 2.24) is 25.1 Å². The van der Waals surface area contributed by atoms with Crippen molar-refractivity contribution in [2.45, 2.75) is 19.3 Å². The second kappa shape index (κ2) is 8.45. The molecule has 2 aromatic heterocycles. The third-order valence-electron chi connectivity index (χ3n) is 6.08. The number of anilines is 3. The number of rotatable bonds is 6. The summed E-state index contributed by atoms with van der Waals surface area (Å²) < 4.78 is 0. The minimum Gasteiger partial charge on any atom is -0.354 e. The average molecular weight is 472 g/mol. The molecule has 0 saturated carbocycles. The Hall–Kier alpha value is -3.92. The van der Waals surface area contributed by atoms with Crippen molar-refractivity contribution in [2.24, 2.45) is 0 Å². The number of carbonyl (C=O) groups is 2. The minimum atomic E-state index is -0.259. The normalized spacial score (nSPS) is 15.4. The van der Waals surface area contributed by atoms with Gasteiger partial charge in [-0.15, -0.1) is 10.2 Å². The largest absolute Gasteiger partial charge is 0.354 e. The van der Waals surface area contributed by atoms with Gasteiger partial charge < -0.3 is 10.2 Å². The van der Waals surface area contributed by atoms with Crippen molar-refractivity contribution in [2.75, 3.05) is 29.9 Å². The number of fused-ring (bicyclic) bond motifs is 2. The molecule has 170 valence electrons. The fraction of sp³-hybridized carbons (Fsp3) is 0.250. The zero-order chi connectivity index (χ0) is 23.1. The lowest BCUT2D eigenvalue weighted by Crippen LogP contribution is -2.31. The Kier molecular flexibility index (Phi) is 5.14. The Morgan fingerprint density at radius 1 is 0.853 bits per heavy atom. The number of nitrogens with zero attached hydrogens (tertiary/aromatic N) is 6. The van der Waals surface area contributed by atoms with Gasteiger partial charge in [-0.1, -0.05) is 35.6 Å². The molecule has 2 aliphatic rings. The molecule has 10 heteroatoms. The summed E-state index contributed by atoms with van der Waals surface area (Å²) in [5.41, 5.74) is 2.57. The van der Waals surface area contributed by atoms with E-state index in [4.69, 9.17) is 9.97 Å². The van der Waals surface area contributed by atoms with Crippen molar-refractivity contribution in [3.63, 3.8) is 0 Å². The van der Waals surface area contributed by atoms with Crippen LogP contribution in [0, 0.1) is 0 Å². The molecule has 1 saturated heterocycles. The van der Waals surface area contributed by atoms with Crippen molar-refractivity contribution in [1.29, 1.82) is 0 Å². The summed E-state index contributed by atoms with van der Waals surface area (Å²) in [7, 11) is 0. The molecule has 2 aromatic carbocycles. The van der Waals surface area contributed by atoms with Crippen LogP contribution >= 0.6 is 11.3 Å². The first-order valence-corrected chi connectivity index (χ1v) is 12.1. The van der Waals surface area contributed by atoms with Crippen LogP contribution in [0.3, 0.4) is 0 Å². The fourth-order valence-corrected chi connectivity index (χ4v) is 5.11. The number of imide groups is 1. The molecule has 9 nitrogen and oxygen atoms in total. The standard InChI is InChI=1S/C24H21N7O2S/c32-22-15-7-1-2-8-16(15)23(33)31(22)14-11-19-28-29-24(34-19)27-20-21(30-12-5-6-13-30)26-18-10-4-3-9-17(18)25-20/h1-4,7-10H,5-6,11-14H2,(H,25,27,29). The highest BCUT2D eigenvalue weighted by Gasteiger charge is 2.34. The Bertz CT molecular complexity index is 1380. The summed E-state index contributed by atoms with van der Waals surface area (Å²) in [5.74, 6) is 0.956. The zero-order valence-corrected chi connectivity index (χ0v) is 19.1. The predicted molar refractivity (Wildman–Crippen MR) is 130 cm³/mol. The summed E-state index contributed by atoms with van der Waals surface area (Å²) in [4.78, 5) is 38.4. The van der Waals surface area contributed by atoms with E-state index in [2.05, 4.69) is 20.4 Å². The summed E-state index contributed by atoms with van der Waals surface area (Å²) >= 11 is 1.39. The van der Waals surface area contributed by atoms with Crippen LogP contribution in [0.15, 0.2) is 48.5 Å². The van der Waals surface area contributed by atoms with E-state index >= 15 is 0 Å². The van der Waals surface area contributed by atoms with Gasteiger partial charge in [0.1, 0.15) is 5.01 Å². The molecule has 0 aliphatic carbocycles. The van der Waals surface area contributed by atoms with Crippen molar-refractivity contribution in [3.05, 3.63) is 64.7 Å². The lowest BCUT2D eigenvalue weighted by atomic mass is 10.1. The molecular formula is C24H21N7O2S. The lowest BCUT2D eigenvalue weighted by Gasteiger charge is -2.19. The van der Waals surface area contributed by atoms with E-state index in [1.54, 1.807) is 24.3 Å². The number of benzene rings is 2.